The molecule has 3 aromatic heterocycles. The van der Waals surface area contributed by atoms with Gasteiger partial charge in [-0.05, 0) is 61.1 Å². The van der Waals surface area contributed by atoms with Gasteiger partial charge in [0.05, 0.1) is 5.69 Å². The van der Waals surface area contributed by atoms with Crippen LogP contribution in [0.2, 0.25) is 0 Å². The SMILES string of the molecule is Cc1ccc2c(n1)oc1c(-c3ncccc3-c3cccc(C4CCCC4)c3)cccc12. The maximum atomic E-state index is 6.26. The number of benzene rings is 2. The minimum Gasteiger partial charge on any atom is -0.437 e. The lowest BCUT2D eigenvalue weighted by atomic mass is 9.92. The molecule has 0 radical (unpaired) electrons. The molecular weight excluding hydrogens is 380 g/mol. The molecule has 152 valence electrons. The van der Waals surface area contributed by atoms with Gasteiger partial charge in [0.25, 0.3) is 0 Å². The third-order valence-electron chi connectivity index (χ3n) is 6.59. The monoisotopic (exact) mass is 404 g/mol. The van der Waals surface area contributed by atoms with E-state index in [2.05, 4.69) is 59.6 Å². The van der Waals surface area contributed by atoms with Gasteiger partial charge in [-0.25, -0.2) is 4.98 Å². The topological polar surface area (TPSA) is 38.9 Å². The Morgan fingerprint density at radius 1 is 0.839 bits per heavy atom. The minimum absolute atomic E-state index is 0.683. The van der Waals surface area contributed by atoms with Gasteiger partial charge >= 0.3 is 0 Å². The van der Waals surface area contributed by atoms with Crippen LogP contribution in [-0.4, -0.2) is 9.97 Å². The zero-order valence-electron chi connectivity index (χ0n) is 17.6. The molecule has 0 saturated heterocycles. The lowest BCUT2D eigenvalue weighted by Crippen LogP contribution is -1.94. The molecule has 0 spiro atoms. The van der Waals surface area contributed by atoms with E-state index in [0.717, 1.165) is 38.9 Å². The number of pyridine rings is 2. The largest absolute Gasteiger partial charge is 0.437 e. The van der Waals surface area contributed by atoms with Crippen molar-refractivity contribution in [2.75, 3.05) is 0 Å². The second-order valence-corrected chi connectivity index (χ2v) is 8.60. The summed E-state index contributed by atoms with van der Waals surface area (Å²) in [5.41, 5.74) is 8.25. The summed E-state index contributed by atoms with van der Waals surface area (Å²) in [6.07, 6.45) is 7.15. The van der Waals surface area contributed by atoms with Crippen LogP contribution >= 0.6 is 0 Å². The smallest absolute Gasteiger partial charge is 0.227 e. The Morgan fingerprint density at radius 3 is 2.58 bits per heavy atom. The molecule has 1 aliphatic rings. The van der Waals surface area contributed by atoms with Gasteiger partial charge in [0.1, 0.15) is 5.58 Å². The Kier molecular flexibility index (Phi) is 4.34. The van der Waals surface area contributed by atoms with E-state index >= 15 is 0 Å². The van der Waals surface area contributed by atoms with Crippen LogP contribution in [0.1, 0.15) is 42.9 Å². The zero-order chi connectivity index (χ0) is 20.8. The van der Waals surface area contributed by atoms with Crippen molar-refractivity contribution in [1.29, 1.82) is 0 Å². The van der Waals surface area contributed by atoms with Crippen LogP contribution < -0.4 is 0 Å². The first-order chi connectivity index (χ1) is 15.3. The third kappa shape index (κ3) is 3.12. The summed E-state index contributed by atoms with van der Waals surface area (Å²) in [5.74, 6) is 0.688. The van der Waals surface area contributed by atoms with Crippen molar-refractivity contribution in [3.63, 3.8) is 0 Å². The van der Waals surface area contributed by atoms with Gasteiger partial charge in [-0.3, -0.25) is 4.98 Å². The molecule has 3 heterocycles. The van der Waals surface area contributed by atoms with Crippen molar-refractivity contribution in [3.8, 4) is 22.4 Å². The molecule has 1 aliphatic carbocycles. The number of para-hydroxylation sites is 1. The number of nitrogens with zero attached hydrogens (tertiary/aromatic N) is 2. The van der Waals surface area contributed by atoms with E-state index in [1.54, 1.807) is 0 Å². The highest BCUT2D eigenvalue weighted by Gasteiger charge is 2.19. The fraction of sp³-hybridized carbons (Fsp3) is 0.214. The Balaban J connectivity index is 1.54. The van der Waals surface area contributed by atoms with Crippen LogP contribution in [-0.2, 0) is 0 Å². The van der Waals surface area contributed by atoms with Crippen LogP contribution in [0.15, 0.2) is 77.3 Å². The first-order valence-corrected chi connectivity index (χ1v) is 11.1. The van der Waals surface area contributed by atoms with E-state index in [1.807, 2.05) is 25.3 Å². The third-order valence-corrected chi connectivity index (χ3v) is 6.59. The predicted molar refractivity (Wildman–Crippen MR) is 126 cm³/mol. The maximum Gasteiger partial charge on any atom is 0.227 e. The molecule has 1 fully saturated rings. The summed E-state index contributed by atoms with van der Waals surface area (Å²) in [5, 5.41) is 2.12. The van der Waals surface area contributed by atoms with Crippen molar-refractivity contribution in [3.05, 3.63) is 84.2 Å². The molecule has 31 heavy (non-hydrogen) atoms. The number of hydrogen-bond acceptors (Lipinski definition) is 3. The summed E-state index contributed by atoms with van der Waals surface area (Å²) in [6.45, 7) is 1.99. The van der Waals surface area contributed by atoms with E-state index in [1.165, 1.54) is 36.8 Å². The Bertz CT molecular complexity index is 1410. The second kappa shape index (κ2) is 7.35. The first kappa shape index (κ1) is 18.3. The summed E-state index contributed by atoms with van der Waals surface area (Å²) in [6, 6.07) is 23.6. The van der Waals surface area contributed by atoms with Crippen molar-refractivity contribution < 1.29 is 4.42 Å². The first-order valence-electron chi connectivity index (χ1n) is 11.1. The van der Waals surface area contributed by atoms with Crippen molar-refractivity contribution in [1.82, 2.24) is 9.97 Å². The molecule has 0 amide bonds. The van der Waals surface area contributed by atoms with Gasteiger partial charge in [0.15, 0.2) is 0 Å². The number of hydrogen-bond donors (Lipinski definition) is 0. The standard InChI is InChI=1S/C28H24N2O/c1-18-14-15-24-23-11-5-12-25(27(23)31-28(24)30-18)26-22(13-6-16-29-26)21-10-4-9-20(17-21)19-7-2-3-8-19/h4-6,9-17,19H,2-3,7-8H2,1H3. The highest BCUT2D eigenvalue weighted by atomic mass is 16.3. The molecule has 1 saturated carbocycles. The van der Waals surface area contributed by atoms with Gasteiger partial charge in [-0.15, -0.1) is 0 Å². The lowest BCUT2D eigenvalue weighted by Gasteiger charge is -2.13. The van der Waals surface area contributed by atoms with Gasteiger partial charge in [-0.2, -0.15) is 0 Å². The highest BCUT2D eigenvalue weighted by Crippen LogP contribution is 2.40. The lowest BCUT2D eigenvalue weighted by molar-refractivity contribution is 0.653. The Labute approximate surface area is 181 Å². The molecule has 5 aromatic rings. The van der Waals surface area contributed by atoms with Crippen molar-refractivity contribution >= 4 is 22.1 Å². The minimum atomic E-state index is 0.683. The van der Waals surface area contributed by atoms with Crippen molar-refractivity contribution in [2.24, 2.45) is 0 Å². The van der Waals surface area contributed by atoms with Gasteiger partial charge in [-0.1, -0.05) is 55.3 Å². The highest BCUT2D eigenvalue weighted by molar-refractivity contribution is 6.09. The number of furan rings is 1. The van der Waals surface area contributed by atoms with Crippen LogP contribution in [0.4, 0.5) is 0 Å². The Hall–Kier alpha value is -3.46. The van der Waals surface area contributed by atoms with Crippen LogP contribution in [0, 0.1) is 6.92 Å². The van der Waals surface area contributed by atoms with E-state index < -0.39 is 0 Å². The Morgan fingerprint density at radius 2 is 1.68 bits per heavy atom. The van der Waals surface area contributed by atoms with Gasteiger partial charge < -0.3 is 4.42 Å². The molecule has 0 aliphatic heterocycles. The zero-order valence-corrected chi connectivity index (χ0v) is 17.6. The quantitative estimate of drug-likeness (QED) is 0.309. The number of fused-ring (bicyclic) bond motifs is 3. The molecule has 3 heteroatoms. The van der Waals surface area contributed by atoms with E-state index in [-0.39, 0.29) is 0 Å². The second-order valence-electron chi connectivity index (χ2n) is 8.60. The van der Waals surface area contributed by atoms with Gasteiger partial charge in [0, 0.05) is 33.8 Å². The summed E-state index contributed by atoms with van der Waals surface area (Å²) < 4.78 is 6.26. The normalized spacial score (nSPS) is 14.6. The summed E-state index contributed by atoms with van der Waals surface area (Å²) >= 11 is 0. The molecular formula is C28H24N2O. The molecule has 0 atom stereocenters. The summed E-state index contributed by atoms with van der Waals surface area (Å²) in [7, 11) is 0. The fourth-order valence-corrected chi connectivity index (χ4v) is 5.03. The maximum absolute atomic E-state index is 6.26. The van der Waals surface area contributed by atoms with E-state index in [0.29, 0.717) is 11.6 Å². The predicted octanol–water partition coefficient (Wildman–Crippen LogP) is 7.68. The molecule has 2 aromatic carbocycles. The molecule has 0 unspecified atom stereocenters. The number of aryl methyl sites for hydroxylation is 1. The fourth-order valence-electron chi connectivity index (χ4n) is 5.03. The van der Waals surface area contributed by atoms with Crippen molar-refractivity contribution in [2.45, 2.75) is 38.5 Å². The van der Waals surface area contributed by atoms with Crippen LogP contribution in [0.25, 0.3) is 44.5 Å². The van der Waals surface area contributed by atoms with Crippen LogP contribution in [0.3, 0.4) is 0 Å². The summed E-state index contributed by atoms with van der Waals surface area (Å²) in [4.78, 5) is 9.41. The molecule has 6 rings (SSSR count). The number of aromatic nitrogens is 2. The van der Waals surface area contributed by atoms with E-state index in [4.69, 9.17) is 9.40 Å². The van der Waals surface area contributed by atoms with E-state index in [9.17, 15) is 0 Å². The molecule has 3 nitrogen and oxygen atoms in total. The molecule has 0 bridgehead atoms. The van der Waals surface area contributed by atoms with Gasteiger partial charge in [0.2, 0.25) is 5.71 Å². The van der Waals surface area contributed by atoms with Crippen LogP contribution in [0.5, 0.6) is 0 Å². The average molecular weight is 405 g/mol. The number of rotatable bonds is 3. The average Bonchev–Trinajstić information content (AvgIpc) is 3.47. The molecule has 0 N–H and O–H groups in total.